The van der Waals surface area contributed by atoms with Gasteiger partial charge in [-0.3, -0.25) is 9.10 Å². The number of anilines is 1. The summed E-state index contributed by atoms with van der Waals surface area (Å²) in [6.07, 6.45) is 0. The van der Waals surface area contributed by atoms with Gasteiger partial charge in [-0.05, 0) is 61.0 Å². The van der Waals surface area contributed by atoms with Gasteiger partial charge in [-0.2, -0.15) is 11.8 Å². The second-order valence-electron chi connectivity index (χ2n) is 8.98. The summed E-state index contributed by atoms with van der Waals surface area (Å²) in [5.74, 6) is 0.0879. The molecule has 4 rings (SSSR count). The van der Waals surface area contributed by atoms with Crippen LogP contribution in [0.25, 0.3) is 0 Å². The summed E-state index contributed by atoms with van der Waals surface area (Å²) in [6.45, 7) is 2.17. The minimum Gasteiger partial charge on any atom is -0.351 e. The number of sulfonamides is 1. The normalized spacial score (nSPS) is 11.3. The summed E-state index contributed by atoms with van der Waals surface area (Å²) in [5, 5.41) is 3.75. The molecule has 0 saturated heterocycles. The molecular formula is C30H27Cl2FN2O3S2. The van der Waals surface area contributed by atoms with Crippen LogP contribution in [0.1, 0.15) is 27.0 Å². The van der Waals surface area contributed by atoms with Gasteiger partial charge in [0.1, 0.15) is 5.82 Å². The van der Waals surface area contributed by atoms with E-state index in [2.05, 4.69) is 5.32 Å². The number of nitrogens with zero attached hydrogens (tertiary/aromatic N) is 1. The van der Waals surface area contributed by atoms with Crippen molar-refractivity contribution in [3.8, 4) is 0 Å². The highest BCUT2D eigenvalue weighted by molar-refractivity contribution is 7.98. The Labute approximate surface area is 248 Å². The second kappa shape index (κ2) is 13.5. The third-order valence-electron chi connectivity index (χ3n) is 6.11. The van der Waals surface area contributed by atoms with E-state index in [1.165, 1.54) is 22.1 Å². The quantitative estimate of drug-likeness (QED) is 0.177. The molecular weight excluding hydrogens is 590 g/mol. The maximum Gasteiger partial charge on any atom is 0.264 e. The van der Waals surface area contributed by atoms with Crippen LogP contribution in [0.4, 0.5) is 10.1 Å². The first-order valence-electron chi connectivity index (χ1n) is 12.4. The van der Waals surface area contributed by atoms with Crippen molar-refractivity contribution >= 4 is 56.6 Å². The SMILES string of the molecule is Cc1ccc(S(=O)(=O)N(Cc2ccc(Cl)cc2)c2ccccc2C(=O)NCCSCc2c(F)cccc2Cl)cc1. The minimum absolute atomic E-state index is 0.00305. The topological polar surface area (TPSA) is 66.5 Å². The van der Waals surface area contributed by atoms with Crippen molar-refractivity contribution in [1.82, 2.24) is 5.32 Å². The number of thioether (sulfide) groups is 1. The number of amides is 1. The molecule has 10 heteroatoms. The summed E-state index contributed by atoms with van der Waals surface area (Å²) in [6, 6.07) is 24.6. The molecule has 4 aromatic carbocycles. The Morgan fingerprint density at radius 1 is 0.925 bits per heavy atom. The Bertz CT molecular complexity index is 1560. The minimum atomic E-state index is -4.03. The number of halogens is 3. The Balaban J connectivity index is 1.55. The fraction of sp³-hybridized carbons (Fsp3) is 0.167. The van der Waals surface area contributed by atoms with Crippen molar-refractivity contribution in [2.75, 3.05) is 16.6 Å². The molecule has 208 valence electrons. The Morgan fingerprint density at radius 2 is 1.62 bits per heavy atom. The van der Waals surface area contributed by atoms with Crippen LogP contribution in [-0.4, -0.2) is 26.6 Å². The molecule has 1 N–H and O–H groups in total. The van der Waals surface area contributed by atoms with Gasteiger partial charge in [0.15, 0.2) is 0 Å². The van der Waals surface area contributed by atoms with Gasteiger partial charge in [0.05, 0.1) is 22.7 Å². The van der Waals surface area contributed by atoms with Gasteiger partial charge >= 0.3 is 0 Å². The molecule has 0 aliphatic carbocycles. The van der Waals surface area contributed by atoms with Gasteiger partial charge in [-0.25, -0.2) is 12.8 Å². The number of hydrogen-bond donors (Lipinski definition) is 1. The molecule has 0 aliphatic rings. The lowest BCUT2D eigenvalue weighted by molar-refractivity contribution is 0.0957. The number of rotatable bonds is 11. The highest BCUT2D eigenvalue weighted by Gasteiger charge is 2.28. The number of nitrogens with one attached hydrogen (secondary N) is 1. The van der Waals surface area contributed by atoms with E-state index >= 15 is 0 Å². The van der Waals surface area contributed by atoms with Crippen LogP contribution < -0.4 is 9.62 Å². The van der Waals surface area contributed by atoms with Gasteiger partial charge in [0.2, 0.25) is 0 Å². The Kier molecular flexibility index (Phi) is 10.1. The Morgan fingerprint density at radius 3 is 2.33 bits per heavy atom. The molecule has 0 radical (unpaired) electrons. The molecule has 0 unspecified atom stereocenters. The van der Waals surface area contributed by atoms with Crippen LogP contribution in [0.15, 0.2) is 95.9 Å². The number of carbonyl (C=O) groups excluding carboxylic acids is 1. The molecule has 0 fully saturated rings. The van der Waals surface area contributed by atoms with E-state index in [9.17, 15) is 17.6 Å². The van der Waals surface area contributed by atoms with Crippen molar-refractivity contribution < 1.29 is 17.6 Å². The molecule has 4 aromatic rings. The van der Waals surface area contributed by atoms with Crippen molar-refractivity contribution in [3.63, 3.8) is 0 Å². The summed E-state index contributed by atoms with van der Waals surface area (Å²) in [7, 11) is -4.03. The van der Waals surface area contributed by atoms with Crippen molar-refractivity contribution in [2.45, 2.75) is 24.1 Å². The van der Waals surface area contributed by atoms with Crippen LogP contribution in [0.2, 0.25) is 10.0 Å². The standard InChI is InChI=1S/C30H27Cl2FN2O3S2/c1-21-9-15-24(16-10-21)40(37,38)35(19-22-11-13-23(31)14-12-22)29-8-3-2-5-25(29)30(36)34-17-18-39-20-26-27(32)6-4-7-28(26)33/h2-16H,17-20H2,1H3,(H,34,36). The van der Waals surface area contributed by atoms with E-state index < -0.39 is 15.9 Å². The maximum atomic E-state index is 14.0. The molecule has 0 bridgehead atoms. The van der Waals surface area contributed by atoms with E-state index in [1.54, 1.807) is 84.9 Å². The van der Waals surface area contributed by atoms with Crippen LogP contribution >= 0.6 is 35.0 Å². The second-order valence-corrected chi connectivity index (χ2v) is 12.8. The third-order valence-corrected chi connectivity index (χ3v) is 9.47. The largest absolute Gasteiger partial charge is 0.351 e. The van der Waals surface area contributed by atoms with Crippen LogP contribution in [-0.2, 0) is 22.3 Å². The number of hydrogen-bond acceptors (Lipinski definition) is 4. The van der Waals surface area contributed by atoms with Gasteiger partial charge < -0.3 is 5.32 Å². The Hall–Kier alpha value is -3.04. The first-order chi connectivity index (χ1) is 19.2. The van der Waals surface area contributed by atoms with E-state index in [-0.39, 0.29) is 28.5 Å². The lowest BCUT2D eigenvalue weighted by Gasteiger charge is -2.27. The summed E-state index contributed by atoms with van der Waals surface area (Å²) in [4.78, 5) is 13.4. The first kappa shape index (κ1) is 29.9. The van der Waals surface area contributed by atoms with Crippen LogP contribution in [0, 0.1) is 12.7 Å². The van der Waals surface area contributed by atoms with Crippen LogP contribution in [0.5, 0.6) is 0 Å². The average molecular weight is 618 g/mol. The monoisotopic (exact) mass is 616 g/mol. The number of benzene rings is 4. The summed E-state index contributed by atoms with van der Waals surface area (Å²) >= 11 is 13.6. The van der Waals surface area contributed by atoms with Gasteiger partial charge in [-0.15, -0.1) is 0 Å². The smallest absolute Gasteiger partial charge is 0.264 e. The molecule has 0 aliphatic heterocycles. The molecule has 0 spiro atoms. The molecule has 1 amide bonds. The van der Waals surface area contributed by atoms with Crippen molar-refractivity contribution in [3.05, 3.63) is 129 Å². The molecule has 0 saturated carbocycles. The molecule has 0 aromatic heterocycles. The lowest BCUT2D eigenvalue weighted by Crippen LogP contribution is -2.34. The number of para-hydroxylation sites is 1. The highest BCUT2D eigenvalue weighted by atomic mass is 35.5. The number of carbonyl (C=O) groups is 1. The van der Waals surface area contributed by atoms with E-state index in [1.807, 2.05) is 6.92 Å². The van der Waals surface area contributed by atoms with Crippen LogP contribution in [0.3, 0.4) is 0 Å². The average Bonchev–Trinajstić information content (AvgIpc) is 2.94. The summed E-state index contributed by atoms with van der Waals surface area (Å²) < 4.78 is 43.1. The van der Waals surface area contributed by atoms with Gasteiger partial charge in [-0.1, -0.05) is 71.2 Å². The predicted molar refractivity (Wildman–Crippen MR) is 162 cm³/mol. The highest BCUT2D eigenvalue weighted by Crippen LogP contribution is 2.30. The molecule has 0 atom stereocenters. The van der Waals surface area contributed by atoms with Crippen molar-refractivity contribution in [1.29, 1.82) is 0 Å². The van der Waals surface area contributed by atoms with Crippen molar-refractivity contribution in [2.24, 2.45) is 0 Å². The van der Waals surface area contributed by atoms with Gasteiger partial charge in [0.25, 0.3) is 15.9 Å². The van der Waals surface area contributed by atoms with E-state index in [0.717, 1.165) is 5.56 Å². The maximum absolute atomic E-state index is 14.0. The fourth-order valence-electron chi connectivity index (χ4n) is 3.95. The van der Waals surface area contributed by atoms with E-state index in [0.29, 0.717) is 39.2 Å². The zero-order valence-corrected chi connectivity index (χ0v) is 24.8. The molecule has 5 nitrogen and oxygen atoms in total. The summed E-state index contributed by atoms with van der Waals surface area (Å²) in [5.41, 5.74) is 2.53. The zero-order chi connectivity index (χ0) is 28.7. The lowest BCUT2D eigenvalue weighted by atomic mass is 10.1. The first-order valence-corrected chi connectivity index (χ1v) is 15.7. The predicted octanol–water partition coefficient (Wildman–Crippen LogP) is 7.50. The third kappa shape index (κ3) is 7.37. The van der Waals surface area contributed by atoms with E-state index in [4.69, 9.17) is 23.2 Å². The fourth-order valence-corrected chi connectivity index (χ4v) is 6.75. The molecule has 0 heterocycles. The number of aryl methyl sites for hydroxylation is 1. The molecule has 40 heavy (non-hydrogen) atoms. The zero-order valence-electron chi connectivity index (χ0n) is 21.6. The van der Waals surface area contributed by atoms with Gasteiger partial charge in [0, 0.05) is 33.7 Å².